The molecule has 0 saturated heterocycles. The van der Waals surface area contributed by atoms with Gasteiger partial charge in [0.25, 0.3) is 5.91 Å². The lowest BCUT2D eigenvalue weighted by atomic mass is 10.1. The molecule has 0 aliphatic rings. The van der Waals surface area contributed by atoms with Crippen LogP contribution < -0.4 is 10.6 Å². The van der Waals surface area contributed by atoms with Gasteiger partial charge in [0.1, 0.15) is 5.82 Å². The molecule has 1 unspecified atom stereocenters. The van der Waals surface area contributed by atoms with Crippen molar-refractivity contribution in [3.05, 3.63) is 23.4 Å². The van der Waals surface area contributed by atoms with Gasteiger partial charge in [-0.15, -0.1) is 0 Å². The van der Waals surface area contributed by atoms with Crippen LogP contribution in [0, 0.1) is 0 Å². The molecule has 0 aliphatic carbocycles. The Morgan fingerprint density at radius 3 is 2.75 bits per heavy atom. The molecule has 0 bridgehead atoms. The number of amides is 1. The van der Waals surface area contributed by atoms with Crippen molar-refractivity contribution in [3.63, 3.8) is 0 Å². The fraction of sp³-hybridized carbons (Fsp3) is 0.600. The Hall–Kier alpha value is -1.62. The number of carbonyl (C=O) groups is 1. The molecule has 0 spiro atoms. The third-order valence-electron chi connectivity index (χ3n) is 2.90. The predicted octanol–water partition coefficient (Wildman–Crippen LogP) is 2.23. The van der Waals surface area contributed by atoms with Crippen molar-refractivity contribution in [2.75, 3.05) is 25.5 Å². The average molecular weight is 279 g/mol. The lowest BCUT2D eigenvalue weighted by Gasteiger charge is -2.13. The molecular formula is C15H25N3O2. The largest absolute Gasteiger partial charge is 0.377 e. The quantitative estimate of drug-likeness (QED) is 0.766. The van der Waals surface area contributed by atoms with Crippen LogP contribution in [0.25, 0.3) is 0 Å². The SMILES string of the molecule is CCCc1cc(C(=O)NCC(C)OCC)cc(NC)n1. The number of hydrogen-bond donors (Lipinski definition) is 2. The first-order chi connectivity index (χ1) is 9.60. The third-order valence-corrected chi connectivity index (χ3v) is 2.90. The molecule has 2 N–H and O–H groups in total. The Kier molecular flexibility index (Phi) is 7.01. The first-order valence-corrected chi connectivity index (χ1v) is 7.19. The van der Waals surface area contributed by atoms with Crippen LogP contribution in [0.2, 0.25) is 0 Å². The Bertz CT molecular complexity index is 435. The van der Waals surface area contributed by atoms with Crippen molar-refractivity contribution in [3.8, 4) is 0 Å². The Balaban J connectivity index is 2.73. The minimum atomic E-state index is -0.0900. The molecule has 1 aromatic heterocycles. The highest BCUT2D eigenvalue weighted by Gasteiger charge is 2.10. The van der Waals surface area contributed by atoms with Crippen molar-refractivity contribution in [1.82, 2.24) is 10.3 Å². The van der Waals surface area contributed by atoms with E-state index in [0.717, 1.165) is 24.4 Å². The maximum Gasteiger partial charge on any atom is 0.251 e. The lowest BCUT2D eigenvalue weighted by molar-refractivity contribution is 0.0695. The van der Waals surface area contributed by atoms with Crippen LogP contribution >= 0.6 is 0 Å². The van der Waals surface area contributed by atoms with Gasteiger partial charge >= 0.3 is 0 Å². The zero-order valence-electron chi connectivity index (χ0n) is 12.8. The van der Waals surface area contributed by atoms with E-state index in [0.29, 0.717) is 18.7 Å². The summed E-state index contributed by atoms with van der Waals surface area (Å²) in [6, 6.07) is 3.62. The van der Waals surface area contributed by atoms with E-state index in [1.807, 2.05) is 19.9 Å². The second-order valence-corrected chi connectivity index (χ2v) is 4.71. The number of carbonyl (C=O) groups excluding carboxylic acids is 1. The summed E-state index contributed by atoms with van der Waals surface area (Å²) in [5, 5.41) is 5.88. The van der Waals surface area contributed by atoms with Crippen molar-refractivity contribution in [2.24, 2.45) is 0 Å². The molecule has 112 valence electrons. The number of rotatable bonds is 8. The van der Waals surface area contributed by atoms with Crippen LogP contribution in [0.5, 0.6) is 0 Å². The molecule has 5 nitrogen and oxygen atoms in total. The van der Waals surface area contributed by atoms with E-state index in [1.165, 1.54) is 0 Å². The number of nitrogens with zero attached hydrogens (tertiary/aromatic N) is 1. The number of aromatic nitrogens is 1. The summed E-state index contributed by atoms with van der Waals surface area (Å²) in [6.07, 6.45) is 1.89. The van der Waals surface area contributed by atoms with Gasteiger partial charge in [-0.3, -0.25) is 4.79 Å². The molecule has 5 heteroatoms. The van der Waals surface area contributed by atoms with Gasteiger partial charge in [-0.05, 0) is 32.4 Å². The van der Waals surface area contributed by atoms with Crippen LogP contribution in [0.3, 0.4) is 0 Å². The van der Waals surface area contributed by atoms with E-state index in [4.69, 9.17) is 4.74 Å². The Morgan fingerprint density at radius 1 is 1.40 bits per heavy atom. The summed E-state index contributed by atoms with van der Waals surface area (Å²) in [5.41, 5.74) is 1.57. The van der Waals surface area contributed by atoms with Gasteiger partial charge in [0, 0.05) is 31.5 Å². The standard InChI is InChI=1S/C15H25N3O2/c1-5-7-13-8-12(9-14(16-4)18-13)15(19)17-10-11(3)20-6-2/h8-9,11H,5-7,10H2,1-4H3,(H,16,18)(H,17,19). The Labute approximate surface area is 121 Å². The number of aryl methyl sites for hydroxylation is 1. The van der Waals surface area contributed by atoms with Crippen molar-refractivity contribution < 1.29 is 9.53 Å². The summed E-state index contributed by atoms with van der Waals surface area (Å²) < 4.78 is 5.40. The zero-order valence-corrected chi connectivity index (χ0v) is 12.8. The van der Waals surface area contributed by atoms with E-state index in [1.54, 1.807) is 13.1 Å². The summed E-state index contributed by atoms with van der Waals surface area (Å²) in [6.45, 7) is 7.14. The summed E-state index contributed by atoms with van der Waals surface area (Å²) in [7, 11) is 1.80. The maximum absolute atomic E-state index is 12.2. The monoisotopic (exact) mass is 279 g/mol. The van der Waals surface area contributed by atoms with Gasteiger partial charge in [0.15, 0.2) is 0 Å². The molecule has 1 atom stereocenters. The van der Waals surface area contributed by atoms with Gasteiger partial charge in [-0.1, -0.05) is 13.3 Å². The molecule has 1 amide bonds. The first kappa shape index (κ1) is 16.4. The minimum Gasteiger partial charge on any atom is -0.377 e. The molecule has 0 saturated carbocycles. The van der Waals surface area contributed by atoms with Crippen molar-refractivity contribution >= 4 is 11.7 Å². The highest BCUT2D eigenvalue weighted by molar-refractivity contribution is 5.95. The van der Waals surface area contributed by atoms with Crippen LogP contribution in [-0.2, 0) is 11.2 Å². The average Bonchev–Trinajstić information content (AvgIpc) is 2.45. The highest BCUT2D eigenvalue weighted by Crippen LogP contribution is 2.12. The van der Waals surface area contributed by atoms with Crippen LogP contribution in [0.1, 0.15) is 43.2 Å². The second kappa shape index (κ2) is 8.53. The molecule has 1 rings (SSSR count). The zero-order chi connectivity index (χ0) is 15.0. The summed E-state index contributed by atoms with van der Waals surface area (Å²) in [4.78, 5) is 16.6. The molecule has 1 heterocycles. The molecule has 0 aromatic carbocycles. The fourth-order valence-corrected chi connectivity index (χ4v) is 1.91. The minimum absolute atomic E-state index is 0.0182. The molecule has 20 heavy (non-hydrogen) atoms. The maximum atomic E-state index is 12.2. The number of ether oxygens (including phenoxy) is 1. The highest BCUT2D eigenvalue weighted by atomic mass is 16.5. The Morgan fingerprint density at radius 2 is 2.15 bits per heavy atom. The van der Waals surface area contributed by atoms with Gasteiger partial charge in [-0.25, -0.2) is 4.98 Å². The van der Waals surface area contributed by atoms with Crippen LogP contribution in [0.15, 0.2) is 12.1 Å². The van der Waals surface area contributed by atoms with Crippen LogP contribution in [0.4, 0.5) is 5.82 Å². The lowest BCUT2D eigenvalue weighted by Crippen LogP contribution is -2.32. The molecule has 0 fully saturated rings. The van der Waals surface area contributed by atoms with Crippen LogP contribution in [-0.4, -0.2) is 37.2 Å². The molecular weight excluding hydrogens is 254 g/mol. The van der Waals surface area contributed by atoms with E-state index >= 15 is 0 Å². The van der Waals surface area contributed by atoms with Gasteiger partial charge in [0.2, 0.25) is 0 Å². The number of pyridine rings is 1. The fourth-order valence-electron chi connectivity index (χ4n) is 1.91. The van der Waals surface area contributed by atoms with Crippen molar-refractivity contribution in [1.29, 1.82) is 0 Å². The normalized spacial score (nSPS) is 12.0. The predicted molar refractivity (Wildman–Crippen MR) is 81.2 cm³/mol. The van der Waals surface area contributed by atoms with Gasteiger partial charge < -0.3 is 15.4 Å². The summed E-state index contributed by atoms with van der Waals surface area (Å²) in [5.74, 6) is 0.631. The molecule has 1 aromatic rings. The third kappa shape index (κ3) is 5.17. The van der Waals surface area contributed by atoms with Crippen molar-refractivity contribution in [2.45, 2.75) is 39.7 Å². The molecule has 0 aliphatic heterocycles. The number of anilines is 1. The second-order valence-electron chi connectivity index (χ2n) is 4.71. The van der Waals surface area contributed by atoms with E-state index < -0.39 is 0 Å². The van der Waals surface area contributed by atoms with E-state index in [9.17, 15) is 4.79 Å². The topological polar surface area (TPSA) is 63.2 Å². The molecule has 0 radical (unpaired) electrons. The first-order valence-electron chi connectivity index (χ1n) is 7.19. The summed E-state index contributed by atoms with van der Waals surface area (Å²) >= 11 is 0. The number of nitrogens with one attached hydrogen (secondary N) is 2. The van der Waals surface area contributed by atoms with E-state index in [2.05, 4.69) is 22.5 Å². The van der Waals surface area contributed by atoms with Gasteiger partial charge in [0.05, 0.1) is 6.10 Å². The van der Waals surface area contributed by atoms with Gasteiger partial charge in [-0.2, -0.15) is 0 Å². The smallest absolute Gasteiger partial charge is 0.251 e. The number of hydrogen-bond acceptors (Lipinski definition) is 4. The van der Waals surface area contributed by atoms with E-state index in [-0.39, 0.29) is 12.0 Å².